The zero-order chi connectivity index (χ0) is 50.7. The average Bonchev–Trinajstić information content (AvgIpc) is 3.36. The Morgan fingerprint density at radius 2 is 0.586 bits per heavy atom. The fourth-order valence-electron chi connectivity index (χ4n) is 7.67. The Labute approximate surface area is 431 Å². The lowest BCUT2D eigenvalue weighted by molar-refractivity contribution is -0.166. The maximum Gasteiger partial charge on any atom is 0.306 e. The van der Waals surface area contributed by atoms with Crippen molar-refractivity contribution in [1.82, 2.24) is 0 Å². The van der Waals surface area contributed by atoms with Gasteiger partial charge in [0.25, 0.3) is 0 Å². The molecule has 0 bridgehead atoms. The van der Waals surface area contributed by atoms with Crippen molar-refractivity contribution >= 4 is 17.9 Å². The molecule has 0 heterocycles. The van der Waals surface area contributed by atoms with Gasteiger partial charge in [0.1, 0.15) is 13.2 Å². The molecular weight excluding hydrogens is 865 g/mol. The van der Waals surface area contributed by atoms with Crippen molar-refractivity contribution in [2.24, 2.45) is 0 Å². The van der Waals surface area contributed by atoms with Crippen LogP contribution in [0.1, 0.15) is 258 Å². The molecule has 0 N–H and O–H groups in total. The fraction of sp³-hybridized carbons (Fsp3) is 0.672. The predicted octanol–water partition coefficient (Wildman–Crippen LogP) is 19.5. The SMILES string of the molecule is CC/C=C\C/C=C\C/C=C\C/C=C\C/C=C\C/C=C\CCC(=O)OC(COC(=O)CCCCCCC/C=C\CCCCC)COC(=O)CCCCCCCCCCC/C=C\C/C=C\CCCCCCC. The van der Waals surface area contributed by atoms with Crippen molar-refractivity contribution in [3.8, 4) is 0 Å². The van der Waals surface area contributed by atoms with E-state index in [2.05, 4.69) is 118 Å². The van der Waals surface area contributed by atoms with E-state index in [9.17, 15) is 14.4 Å². The molecule has 0 amide bonds. The monoisotopic (exact) mass is 971 g/mol. The minimum absolute atomic E-state index is 0.114. The van der Waals surface area contributed by atoms with Crippen LogP contribution in [-0.4, -0.2) is 37.2 Å². The number of hydrogen-bond acceptors (Lipinski definition) is 6. The molecule has 0 aromatic heterocycles. The largest absolute Gasteiger partial charge is 0.462 e. The van der Waals surface area contributed by atoms with Crippen LogP contribution >= 0.6 is 0 Å². The highest BCUT2D eigenvalue weighted by atomic mass is 16.6. The maximum atomic E-state index is 12.8. The summed E-state index contributed by atoms with van der Waals surface area (Å²) in [6.07, 6.45) is 78.1. The van der Waals surface area contributed by atoms with Gasteiger partial charge in [-0.3, -0.25) is 14.4 Å². The van der Waals surface area contributed by atoms with Crippen LogP contribution < -0.4 is 0 Å². The van der Waals surface area contributed by atoms with Gasteiger partial charge in [0.15, 0.2) is 6.10 Å². The third-order valence-corrected chi connectivity index (χ3v) is 12.0. The normalized spacial score (nSPS) is 12.9. The van der Waals surface area contributed by atoms with Gasteiger partial charge in [-0.25, -0.2) is 0 Å². The van der Waals surface area contributed by atoms with Crippen molar-refractivity contribution in [2.75, 3.05) is 13.2 Å². The second-order valence-corrected chi connectivity index (χ2v) is 18.8. The zero-order valence-corrected chi connectivity index (χ0v) is 45.5. The molecule has 0 aliphatic heterocycles. The Kier molecular flexibility index (Phi) is 54.4. The lowest BCUT2D eigenvalue weighted by Gasteiger charge is -2.18. The molecule has 0 spiro atoms. The van der Waals surface area contributed by atoms with Crippen molar-refractivity contribution in [3.63, 3.8) is 0 Å². The number of carbonyl (C=O) groups is 3. The van der Waals surface area contributed by atoms with Crippen molar-refractivity contribution in [2.45, 2.75) is 264 Å². The minimum atomic E-state index is -0.825. The summed E-state index contributed by atoms with van der Waals surface area (Å²) in [6.45, 7) is 6.42. The summed E-state index contributed by atoms with van der Waals surface area (Å²) < 4.78 is 16.8. The first kappa shape index (κ1) is 66.1. The molecule has 6 nitrogen and oxygen atoms in total. The summed E-state index contributed by atoms with van der Waals surface area (Å²) in [7, 11) is 0. The second kappa shape index (κ2) is 57.6. The summed E-state index contributed by atoms with van der Waals surface area (Å²) in [5.41, 5.74) is 0. The first-order valence-corrected chi connectivity index (χ1v) is 28.9. The number of allylic oxidation sites excluding steroid dienone is 18. The van der Waals surface area contributed by atoms with E-state index in [1.165, 1.54) is 116 Å². The molecular formula is C64H106O6. The van der Waals surface area contributed by atoms with Gasteiger partial charge in [-0.2, -0.15) is 0 Å². The van der Waals surface area contributed by atoms with Crippen molar-refractivity contribution in [1.29, 1.82) is 0 Å². The number of hydrogen-bond donors (Lipinski definition) is 0. The van der Waals surface area contributed by atoms with Crippen LogP contribution in [0.2, 0.25) is 0 Å². The Hall–Kier alpha value is -3.93. The minimum Gasteiger partial charge on any atom is -0.462 e. The highest BCUT2D eigenvalue weighted by molar-refractivity contribution is 5.71. The van der Waals surface area contributed by atoms with Crippen LogP contribution in [0.4, 0.5) is 0 Å². The fourth-order valence-corrected chi connectivity index (χ4v) is 7.67. The van der Waals surface area contributed by atoms with Gasteiger partial charge in [0.2, 0.25) is 0 Å². The van der Waals surface area contributed by atoms with Gasteiger partial charge < -0.3 is 14.2 Å². The van der Waals surface area contributed by atoms with Gasteiger partial charge in [-0.15, -0.1) is 0 Å². The molecule has 0 aliphatic rings. The number of unbranched alkanes of at least 4 members (excludes halogenated alkanes) is 22. The molecule has 0 rings (SSSR count). The predicted molar refractivity (Wildman–Crippen MR) is 302 cm³/mol. The third kappa shape index (κ3) is 55.0. The summed E-state index contributed by atoms with van der Waals surface area (Å²) in [4.78, 5) is 38.1. The van der Waals surface area contributed by atoms with Gasteiger partial charge >= 0.3 is 17.9 Å². The Morgan fingerprint density at radius 1 is 0.300 bits per heavy atom. The molecule has 0 aromatic rings. The van der Waals surface area contributed by atoms with E-state index in [1.54, 1.807) is 0 Å². The lowest BCUT2D eigenvalue weighted by atomic mass is 10.1. The number of carbonyl (C=O) groups excluding carboxylic acids is 3. The van der Waals surface area contributed by atoms with Gasteiger partial charge in [-0.1, -0.05) is 233 Å². The van der Waals surface area contributed by atoms with Crippen molar-refractivity contribution in [3.05, 3.63) is 109 Å². The Bertz CT molecular complexity index is 1440. The molecule has 0 saturated heterocycles. The highest BCUT2D eigenvalue weighted by Gasteiger charge is 2.19. The molecule has 6 heteroatoms. The molecule has 1 atom stereocenters. The van der Waals surface area contributed by atoms with E-state index in [4.69, 9.17) is 14.2 Å². The van der Waals surface area contributed by atoms with Crippen LogP contribution in [0.5, 0.6) is 0 Å². The molecule has 398 valence electrons. The van der Waals surface area contributed by atoms with Crippen LogP contribution in [0.15, 0.2) is 109 Å². The maximum absolute atomic E-state index is 12.8. The van der Waals surface area contributed by atoms with Crippen molar-refractivity contribution < 1.29 is 28.6 Å². The van der Waals surface area contributed by atoms with Gasteiger partial charge in [0, 0.05) is 19.3 Å². The zero-order valence-electron chi connectivity index (χ0n) is 45.5. The Balaban J connectivity index is 4.47. The van der Waals surface area contributed by atoms with Gasteiger partial charge in [-0.05, 0) is 116 Å². The summed E-state index contributed by atoms with van der Waals surface area (Å²) >= 11 is 0. The number of ether oxygens (including phenoxy) is 3. The van der Waals surface area contributed by atoms with Crippen LogP contribution in [0.25, 0.3) is 0 Å². The molecule has 0 aliphatic carbocycles. The smallest absolute Gasteiger partial charge is 0.306 e. The number of rotatable bonds is 51. The summed E-state index contributed by atoms with van der Waals surface area (Å²) in [5.74, 6) is -1.01. The van der Waals surface area contributed by atoms with E-state index in [1.807, 2.05) is 12.2 Å². The van der Waals surface area contributed by atoms with E-state index < -0.39 is 12.1 Å². The molecule has 1 unspecified atom stereocenters. The first-order valence-electron chi connectivity index (χ1n) is 28.9. The standard InChI is InChI=1S/C64H106O6/c1-4-7-10-13-16-19-22-25-27-29-31-32-34-35-37-39-42-45-48-51-54-57-63(66)69-60-61(59-68-62(65)56-53-50-47-44-41-24-21-18-15-12-9-6-3)70-64(67)58-55-52-49-46-43-40-38-36-33-30-28-26-23-20-17-14-11-8-5-2/h8,11,17-18,20-22,25-26,28-29,31,33,36,40,43,49,52,61H,4-7,9-10,12-16,19,23-24,27,30,32,34-35,37-39,41-42,44-48,50-51,53-60H2,1-3H3/b11-8-,20-17-,21-18-,25-22-,28-26-,31-29-,36-33-,43-40-,52-49-. The number of esters is 3. The molecule has 0 saturated carbocycles. The Morgan fingerprint density at radius 3 is 0.971 bits per heavy atom. The van der Waals surface area contributed by atoms with E-state index in [0.29, 0.717) is 19.3 Å². The highest BCUT2D eigenvalue weighted by Crippen LogP contribution is 2.14. The van der Waals surface area contributed by atoms with Crippen LogP contribution in [0, 0.1) is 0 Å². The topological polar surface area (TPSA) is 78.9 Å². The second-order valence-electron chi connectivity index (χ2n) is 18.8. The quantitative estimate of drug-likeness (QED) is 0.0262. The molecule has 0 fully saturated rings. The van der Waals surface area contributed by atoms with E-state index >= 15 is 0 Å². The van der Waals surface area contributed by atoms with Crippen LogP contribution in [-0.2, 0) is 28.6 Å². The van der Waals surface area contributed by atoms with Gasteiger partial charge in [0.05, 0.1) is 0 Å². The molecule has 0 aromatic carbocycles. The molecule has 70 heavy (non-hydrogen) atoms. The first-order chi connectivity index (χ1) is 34.5. The van der Waals surface area contributed by atoms with E-state index in [-0.39, 0.29) is 31.6 Å². The average molecular weight is 972 g/mol. The summed E-state index contributed by atoms with van der Waals surface area (Å²) in [5, 5.41) is 0. The van der Waals surface area contributed by atoms with E-state index in [0.717, 1.165) is 96.3 Å². The summed E-state index contributed by atoms with van der Waals surface area (Å²) in [6, 6.07) is 0. The molecule has 0 radical (unpaired) electrons. The third-order valence-electron chi connectivity index (χ3n) is 12.0. The van der Waals surface area contributed by atoms with Crippen LogP contribution in [0.3, 0.4) is 0 Å². The lowest BCUT2D eigenvalue weighted by Crippen LogP contribution is -2.30.